The molecule has 2 aliphatic heterocycles. The zero-order valence-electron chi connectivity index (χ0n) is 15.4. The number of carbonyl (C=O) groups excluding carboxylic acids is 1. The molecule has 2 fully saturated rings. The number of hydrogen-bond acceptors (Lipinski definition) is 6. The van der Waals surface area contributed by atoms with E-state index in [4.69, 9.17) is 0 Å². The molecular formula is C20H26N6O. The van der Waals surface area contributed by atoms with Crippen molar-refractivity contribution in [1.82, 2.24) is 25.7 Å². The third kappa shape index (κ3) is 4.68. The predicted octanol–water partition coefficient (Wildman–Crippen LogP) is 1.87. The first-order chi connectivity index (χ1) is 13.3. The number of hydrazine groups is 1. The van der Waals surface area contributed by atoms with Crippen LogP contribution in [0, 0.1) is 5.92 Å². The minimum absolute atomic E-state index is 0.0724. The summed E-state index contributed by atoms with van der Waals surface area (Å²) in [4.78, 5) is 23.2. The number of hydrogen-bond donors (Lipinski definition) is 3. The standard InChI is InChI=1S/C20H26N6O/c27-20(24-18-3-1-2-17(10-18)19-4-7-23-25-19)16-5-8-26(9-6-16)13-15-11-21-14-22-12-15/h1-3,10-12,14,16,19,23,25H,4-9,13H2,(H,24,27). The highest BCUT2D eigenvalue weighted by atomic mass is 16.1. The number of aromatic nitrogens is 2. The van der Waals surface area contributed by atoms with Crippen LogP contribution in [-0.4, -0.2) is 40.4 Å². The zero-order valence-corrected chi connectivity index (χ0v) is 15.4. The van der Waals surface area contributed by atoms with Crippen molar-refractivity contribution in [3.8, 4) is 0 Å². The van der Waals surface area contributed by atoms with Gasteiger partial charge in [-0.25, -0.2) is 9.97 Å². The van der Waals surface area contributed by atoms with Gasteiger partial charge in [0.1, 0.15) is 6.33 Å². The topological polar surface area (TPSA) is 82.2 Å². The fraction of sp³-hybridized carbons (Fsp3) is 0.450. The van der Waals surface area contributed by atoms with E-state index in [0.717, 1.165) is 56.7 Å². The highest BCUT2D eigenvalue weighted by molar-refractivity contribution is 5.92. The minimum Gasteiger partial charge on any atom is -0.326 e. The van der Waals surface area contributed by atoms with E-state index < -0.39 is 0 Å². The number of nitrogens with one attached hydrogen (secondary N) is 3. The molecule has 3 heterocycles. The Morgan fingerprint density at radius 3 is 2.74 bits per heavy atom. The lowest BCUT2D eigenvalue weighted by atomic mass is 9.95. The molecule has 1 aromatic carbocycles. The molecule has 1 aromatic heterocycles. The van der Waals surface area contributed by atoms with Crippen molar-refractivity contribution >= 4 is 11.6 Å². The Morgan fingerprint density at radius 2 is 2.00 bits per heavy atom. The summed E-state index contributed by atoms with van der Waals surface area (Å²) in [5.74, 6) is 0.204. The van der Waals surface area contributed by atoms with Crippen LogP contribution in [-0.2, 0) is 11.3 Å². The molecule has 142 valence electrons. The van der Waals surface area contributed by atoms with E-state index in [1.807, 2.05) is 24.5 Å². The first-order valence-corrected chi connectivity index (χ1v) is 9.63. The normalized spacial score (nSPS) is 21.3. The van der Waals surface area contributed by atoms with Gasteiger partial charge in [-0.2, -0.15) is 0 Å². The molecule has 2 saturated heterocycles. The summed E-state index contributed by atoms with van der Waals surface area (Å²) in [6, 6.07) is 8.47. The maximum absolute atomic E-state index is 12.7. The first-order valence-electron chi connectivity index (χ1n) is 9.63. The highest BCUT2D eigenvalue weighted by Gasteiger charge is 2.25. The summed E-state index contributed by atoms with van der Waals surface area (Å²) in [6.45, 7) is 3.66. The number of anilines is 1. The van der Waals surface area contributed by atoms with Crippen LogP contribution in [0.3, 0.4) is 0 Å². The predicted molar refractivity (Wildman–Crippen MR) is 104 cm³/mol. The molecule has 2 aromatic rings. The number of piperidine rings is 1. The average molecular weight is 366 g/mol. The van der Waals surface area contributed by atoms with Gasteiger partial charge >= 0.3 is 0 Å². The summed E-state index contributed by atoms with van der Waals surface area (Å²) in [5, 5.41) is 3.11. The van der Waals surface area contributed by atoms with Gasteiger partial charge in [0.25, 0.3) is 0 Å². The number of nitrogens with zero attached hydrogens (tertiary/aromatic N) is 3. The van der Waals surface area contributed by atoms with Gasteiger partial charge in [-0.1, -0.05) is 12.1 Å². The summed E-state index contributed by atoms with van der Waals surface area (Å²) in [6.07, 6.45) is 8.08. The number of benzene rings is 1. The maximum Gasteiger partial charge on any atom is 0.227 e. The lowest BCUT2D eigenvalue weighted by Crippen LogP contribution is -2.37. The van der Waals surface area contributed by atoms with E-state index in [9.17, 15) is 4.79 Å². The van der Waals surface area contributed by atoms with Gasteiger partial charge in [0.05, 0.1) is 0 Å². The van der Waals surface area contributed by atoms with Crippen LogP contribution in [0.1, 0.15) is 36.4 Å². The van der Waals surface area contributed by atoms with Crippen LogP contribution in [0.5, 0.6) is 0 Å². The van der Waals surface area contributed by atoms with Crippen LogP contribution in [0.25, 0.3) is 0 Å². The summed E-state index contributed by atoms with van der Waals surface area (Å²) in [5.41, 5.74) is 9.63. The van der Waals surface area contributed by atoms with Crippen molar-refractivity contribution in [2.45, 2.75) is 31.8 Å². The second-order valence-electron chi connectivity index (χ2n) is 7.32. The molecule has 0 radical (unpaired) electrons. The largest absolute Gasteiger partial charge is 0.326 e. The van der Waals surface area contributed by atoms with Gasteiger partial charge < -0.3 is 5.32 Å². The molecule has 27 heavy (non-hydrogen) atoms. The van der Waals surface area contributed by atoms with E-state index in [1.54, 1.807) is 6.33 Å². The second-order valence-corrected chi connectivity index (χ2v) is 7.32. The van der Waals surface area contributed by atoms with Crippen molar-refractivity contribution in [3.63, 3.8) is 0 Å². The number of rotatable bonds is 5. The monoisotopic (exact) mass is 366 g/mol. The van der Waals surface area contributed by atoms with Crippen LogP contribution >= 0.6 is 0 Å². The molecule has 7 nitrogen and oxygen atoms in total. The van der Waals surface area contributed by atoms with E-state index in [0.29, 0.717) is 6.04 Å². The van der Waals surface area contributed by atoms with Gasteiger partial charge in [0.15, 0.2) is 0 Å². The molecule has 0 saturated carbocycles. The quantitative estimate of drug-likeness (QED) is 0.749. The Balaban J connectivity index is 1.29. The van der Waals surface area contributed by atoms with E-state index in [1.165, 1.54) is 5.56 Å². The molecule has 0 bridgehead atoms. The van der Waals surface area contributed by atoms with Crippen molar-refractivity contribution < 1.29 is 4.79 Å². The lowest BCUT2D eigenvalue weighted by molar-refractivity contribution is -0.121. The van der Waals surface area contributed by atoms with E-state index in [2.05, 4.69) is 43.2 Å². The Hall–Kier alpha value is -2.35. The van der Waals surface area contributed by atoms with Crippen LogP contribution in [0.2, 0.25) is 0 Å². The lowest BCUT2D eigenvalue weighted by Gasteiger charge is -2.31. The smallest absolute Gasteiger partial charge is 0.227 e. The number of carbonyl (C=O) groups is 1. The number of likely N-dealkylation sites (tertiary alicyclic amines) is 1. The second kappa shape index (κ2) is 8.56. The Kier molecular flexibility index (Phi) is 5.72. The highest BCUT2D eigenvalue weighted by Crippen LogP contribution is 2.24. The van der Waals surface area contributed by atoms with Gasteiger partial charge in [-0.15, -0.1) is 0 Å². The minimum atomic E-state index is 0.0724. The fourth-order valence-electron chi connectivity index (χ4n) is 3.83. The Morgan fingerprint density at radius 1 is 1.19 bits per heavy atom. The average Bonchev–Trinajstić information content (AvgIpc) is 3.24. The molecule has 0 spiro atoms. The van der Waals surface area contributed by atoms with Gasteiger partial charge in [0, 0.05) is 48.7 Å². The van der Waals surface area contributed by atoms with Crippen LogP contribution in [0.4, 0.5) is 5.69 Å². The molecule has 2 aliphatic rings. The van der Waals surface area contributed by atoms with E-state index >= 15 is 0 Å². The molecule has 1 atom stereocenters. The number of amides is 1. The van der Waals surface area contributed by atoms with Crippen molar-refractivity contribution in [2.24, 2.45) is 5.92 Å². The van der Waals surface area contributed by atoms with Gasteiger partial charge in [-0.3, -0.25) is 20.5 Å². The molecular weight excluding hydrogens is 340 g/mol. The third-order valence-corrected chi connectivity index (χ3v) is 5.37. The molecule has 1 unspecified atom stereocenters. The van der Waals surface area contributed by atoms with Crippen molar-refractivity contribution in [3.05, 3.63) is 54.1 Å². The summed E-state index contributed by atoms with van der Waals surface area (Å²) >= 11 is 0. The molecule has 3 N–H and O–H groups in total. The molecule has 4 rings (SSSR count). The van der Waals surface area contributed by atoms with Crippen LogP contribution in [0.15, 0.2) is 43.0 Å². The van der Waals surface area contributed by atoms with Crippen LogP contribution < -0.4 is 16.2 Å². The fourth-order valence-corrected chi connectivity index (χ4v) is 3.83. The summed E-state index contributed by atoms with van der Waals surface area (Å²) in [7, 11) is 0. The molecule has 7 heteroatoms. The van der Waals surface area contributed by atoms with Gasteiger partial charge in [0.2, 0.25) is 5.91 Å². The zero-order chi connectivity index (χ0) is 18.5. The SMILES string of the molecule is O=C(Nc1cccc(C2CCNN2)c1)C1CCN(Cc2cncnc2)CC1. The maximum atomic E-state index is 12.7. The van der Waals surface area contributed by atoms with Crippen molar-refractivity contribution in [2.75, 3.05) is 25.0 Å². The molecule has 1 amide bonds. The third-order valence-electron chi connectivity index (χ3n) is 5.37. The molecule has 0 aliphatic carbocycles. The van der Waals surface area contributed by atoms with E-state index in [-0.39, 0.29) is 11.8 Å². The first kappa shape index (κ1) is 18.0. The Labute approximate surface area is 159 Å². The van der Waals surface area contributed by atoms with Gasteiger partial charge in [-0.05, 0) is 50.0 Å². The Bertz CT molecular complexity index is 754. The van der Waals surface area contributed by atoms with Crippen molar-refractivity contribution in [1.29, 1.82) is 0 Å². The summed E-state index contributed by atoms with van der Waals surface area (Å²) < 4.78 is 0.